The van der Waals surface area contributed by atoms with Crippen molar-refractivity contribution in [3.8, 4) is 23.0 Å². The topological polar surface area (TPSA) is 73.8 Å². The number of nitrogens with zero attached hydrogens (tertiary/aromatic N) is 4. The number of rotatable bonds is 5. The van der Waals surface area contributed by atoms with Crippen LogP contribution >= 0.6 is 11.6 Å². The Labute approximate surface area is 164 Å². The zero-order valence-corrected chi connectivity index (χ0v) is 15.8. The molecule has 6 nitrogen and oxygen atoms in total. The van der Waals surface area contributed by atoms with Crippen molar-refractivity contribution in [2.45, 2.75) is 26.3 Å². The molecule has 0 amide bonds. The predicted octanol–water partition coefficient (Wildman–Crippen LogP) is 4.71. The minimum absolute atomic E-state index is 0.0338. The van der Waals surface area contributed by atoms with E-state index in [1.54, 1.807) is 30.3 Å². The number of benzene rings is 2. The molecule has 0 bridgehead atoms. The zero-order valence-electron chi connectivity index (χ0n) is 15.0. The summed E-state index contributed by atoms with van der Waals surface area (Å²) in [5.41, 5.74) is 0.230. The maximum Gasteiger partial charge on any atom is 0.274 e. The number of hydrogen-bond donors (Lipinski definition) is 0. The van der Waals surface area contributed by atoms with Crippen molar-refractivity contribution in [2.75, 3.05) is 0 Å². The molecule has 0 spiro atoms. The third-order valence-corrected chi connectivity index (χ3v) is 4.71. The van der Waals surface area contributed by atoms with Crippen molar-refractivity contribution in [3.63, 3.8) is 0 Å². The summed E-state index contributed by atoms with van der Waals surface area (Å²) in [6.07, 6.45) is 1.73. The van der Waals surface area contributed by atoms with E-state index in [0.29, 0.717) is 23.0 Å². The third kappa shape index (κ3) is 3.18. The van der Waals surface area contributed by atoms with Crippen LogP contribution in [0.1, 0.15) is 19.8 Å². The fourth-order valence-electron chi connectivity index (χ4n) is 2.97. The van der Waals surface area contributed by atoms with Gasteiger partial charge in [-0.2, -0.15) is 5.10 Å². The molecule has 0 saturated carbocycles. The van der Waals surface area contributed by atoms with Crippen molar-refractivity contribution >= 4 is 22.4 Å². The van der Waals surface area contributed by atoms with Gasteiger partial charge in [-0.05, 0) is 24.6 Å². The molecule has 4 rings (SSSR count). The van der Waals surface area contributed by atoms with E-state index in [4.69, 9.17) is 16.0 Å². The SMILES string of the molecule is CCCCn1nc(-c2nnc(-c3c(F)cccc3Cl)o2)c2ccccc2c1=O. The second-order valence-electron chi connectivity index (χ2n) is 6.29. The van der Waals surface area contributed by atoms with E-state index in [9.17, 15) is 9.18 Å². The van der Waals surface area contributed by atoms with E-state index >= 15 is 0 Å². The first kappa shape index (κ1) is 18.3. The quantitative estimate of drug-likeness (QED) is 0.487. The lowest BCUT2D eigenvalue weighted by molar-refractivity contribution is 0.536. The molecule has 4 aromatic rings. The van der Waals surface area contributed by atoms with Gasteiger partial charge in [-0.1, -0.05) is 49.2 Å². The molecule has 0 aliphatic rings. The summed E-state index contributed by atoms with van der Waals surface area (Å²) >= 11 is 6.09. The molecule has 0 fully saturated rings. The summed E-state index contributed by atoms with van der Waals surface area (Å²) in [7, 11) is 0. The van der Waals surface area contributed by atoms with Gasteiger partial charge >= 0.3 is 0 Å². The number of unbranched alkanes of at least 4 members (excludes halogenated alkanes) is 1. The number of aromatic nitrogens is 4. The van der Waals surface area contributed by atoms with Crippen LogP contribution in [-0.4, -0.2) is 20.0 Å². The predicted molar refractivity (Wildman–Crippen MR) is 105 cm³/mol. The van der Waals surface area contributed by atoms with E-state index in [-0.39, 0.29) is 27.9 Å². The van der Waals surface area contributed by atoms with E-state index in [1.807, 2.05) is 6.92 Å². The summed E-state index contributed by atoms with van der Waals surface area (Å²) in [5.74, 6) is -0.514. The van der Waals surface area contributed by atoms with Crippen molar-refractivity contribution in [2.24, 2.45) is 0 Å². The fraction of sp³-hybridized carbons (Fsp3) is 0.200. The largest absolute Gasteiger partial charge is 0.414 e. The molecule has 0 atom stereocenters. The molecular formula is C20H16ClFN4O2. The summed E-state index contributed by atoms with van der Waals surface area (Å²) in [4.78, 5) is 12.7. The van der Waals surface area contributed by atoms with E-state index < -0.39 is 5.82 Å². The van der Waals surface area contributed by atoms with E-state index in [2.05, 4.69) is 15.3 Å². The van der Waals surface area contributed by atoms with Crippen LogP contribution < -0.4 is 5.56 Å². The zero-order chi connectivity index (χ0) is 19.7. The van der Waals surface area contributed by atoms with Gasteiger partial charge in [-0.15, -0.1) is 10.2 Å². The van der Waals surface area contributed by atoms with Gasteiger partial charge < -0.3 is 4.42 Å². The van der Waals surface area contributed by atoms with Crippen molar-refractivity contribution in [1.82, 2.24) is 20.0 Å². The molecule has 0 aliphatic heterocycles. The normalized spacial score (nSPS) is 11.2. The van der Waals surface area contributed by atoms with E-state index in [1.165, 1.54) is 16.8 Å². The number of fused-ring (bicyclic) bond motifs is 1. The molecule has 0 N–H and O–H groups in total. The first-order valence-corrected chi connectivity index (χ1v) is 9.26. The van der Waals surface area contributed by atoms with Crippen LogP contribution in [0.15, 0.2) is 51.7 Å². The molecule has 0 unspecified atom stereocenters. The Morgan fingerprint density at radius 1 is 1.07 bits per heavy atom. The Morgan fingerprint density at radius 2 is 1.82 bits per heavy atom. The Bertz CT molecular complexity index is 1200. The van der Waals surface area contributed by atoms with Crippen LogP contribution in [0.3, 0.4) is 0 Å². The fourth-order valence-corrected chi connectivity index (χ4v) is 3.22. The Morgan fingerprint density at radius 3 is 2.57 bits per heavy atom. The highest BCUT2D eigenvalue weighted by atomic mass is 35.5. The van der Waals surface area contributed by atoms with E-state index in [0.717, 1.165) is 12.8 Å². The van der Waals surface area contributed by atoms with Gasteiger partial charge in [0.25, 0.3) is 17.3 Å². The molecule has 2 aromatic heterocycles. The van der Waals surface area contributed by atoms with Gasteiger partial charge in [0.2, 0.25) is 0 Å². The lowest BCUT2D eigenvalue weighted by Crippen LogP contribution is -2.24. The number of aryl methyl sites for hydroxylation is 1. The van der Waals surface area contributed by atoms with Crippen molar-refractivity contribution in [3.05, 3.63) is 63.7 Å². The van der Waals surface area contributed by atoms with Gasteiger partial charge in [0, 0.05) is 11.9 Å². The molecule has 28 heavy (non-hydrogen) atoms. The van der Waals surface area contributed by atoms with Gasteiger partial charge in [0.1, 0.15) is 5.82 Å². The average Bonchev–Trinajstić information content (AvgIpc) is 3.17. The molecule has 0 saturated heterocycles. The smallest absolute Gasteiger partial charge is 0.274 e. The van der Waals surface area contributed by atoms with Crippen LogP contribution in [0.5, 0.6) is 0 Å². The lowest BCUT2D eigenvalue weighted by Gasteiger charge is -2.08. The summed E-state index contributed by atoms with van der Waals surface area (Å²) in [6, 6.07) is 11.4. The summed E-state index contributed by atoms with van der Waals surface area (Å²) < 4.78 is 21.3. The highest BCUT2D eigenvalue weighted by Crippen LogP contribution is 2.32. The van der Waals surface area contributed by atoms with Crippen LogP contribution in [0.2, 0.25) is 5.02 Å². The lowest BCUT2D eigenvalue weighted by atomic mass is 10.1. The highest BCUT2D eigenvalue weighted by molar-refractivity contribution is 6.33. The molecular weight excluding hydrogens is 383 g/mol. The maximum atomic E-state index is 14.2. The Kier molecular flexibility index (Phi) is 4.92. The highest BCUT2D eigenvalue weighted by Gasteiger charge is 2.21. The molecule has 0 radical (unpaired) electrons. The second kappa shape index (κ2) is 7.52. The van der Waals surface area contributed by atoms with Crippen molar-refractivity contribution in [1.29, 1.82) is 0 Å². The average molecular weight is 399 g/mol. The van der Waals surface area contributed by atoms with Crippen LogP contribution in [0, 0.1) is 5.82 Å². The first-order chi connectivity index (χ1) is 13.6. The standard InChI is InChI=1S/C20H16ClFN4O2/c1-2-3-11-26-20(27)13-8-5-4-7-12(13)17(25-26)19-24-23-18(28-19)16-14(21)9-6-10-15(16)22/h4-10H,2-3,11H2,1H3. The van der Waals surface area contributed by atoms with Crippen LogP contribution in [0.25, 0.3) is 33.8 Å². The third-order valence-electron chi connectivity index (χ3n) is 4.40. The minimum atomic E-state index is -0.562. The second-order valence-corrected chi connectivity index (χ2v) is 6.69. The molecule has 8 heteroatoms. The molecule has 142 valence electrons. The van der Waals surface area contributed by atoms with Gasteiger partial charge in [0.15, 0.2) is 5.69 Å². The minimum Gasteiger partial charge on any atom is -0.414 e. The first-order valence-electron chi connectivity index (χ1n) is 8.88. The summed E-state index contributed by atoms with van der Waals surface area (Å²) in [6.45, 7) is 2.52. The maximum absolute atomic E-state index is 14.2. The monoisotopic (exact) mass is 398 g/mol. The Balaban J connectivity index is 1.89. The molecule has 0 aliphatic carbocycles. The van der Waals surface area contributed by atoms with Gasteiger partial charge in [0.05, 0.1) is 16.0 Å². The van der Waals surface area contributed by atoms with Crippen molar-refractivity contribution < 1.29 is 8.81 Å². The molecule has 2 aromatic carbocycles. The summed E-state index contributed by atoms with van der Waals surface area (Å²) in [5, 5.41) is 13.7. The van der Waals surface area contributed by atoms with Gasteiger partial charge in [-0.3, -0.25) is 4.79 Å². The number of hydrogen-bond acceptors (Lipinski definition) is 5. The number of halogens is 2. The Hall–Kier alpha value is -3.06. The van der Waals surface area contributed by atoms with Crippen LogP contribution in [-0.2, 0) is 6.54 Å². The van der Waals surface area contributed by atoms with Crippen LogP contribution in [0.4, 0.5) is 4.39 Å². The molecule has 2 heterocycles. The van der Waals surface area contributed by atoms with Gasteiger partial charge in [-0.25, -0.2) is 9.07 Å².